The summed E-state index contributed by atoms with van der Waals surface area (Å²) in [7, 11) is -7.88. The van der Waals surface area contributed by atoms with Gasteiger partial charge in [-0.1, -0.05) is 25.7 Å². The molecule has 0 aliphatic heterocycles. The van der Waals surface area contributed by atoms with Gasteiger partial charge in [0.2, 0.25) is 20.0 Å². The highest BCUT2D eigenvalue weighted by molar-refractivity contribution is 7.93. The second-order valence-electron chi connectivity index (χ2n) is 10.2. The van der Waals surface area contributed by atoms with Crippen molar-refractivity contribution in [3.63, 3.8) is 0 Å². The predicted octanol–water partition coefficient (Wildman–Crippen LogP) is 5.36. The lowest BCUT2D eigenvalue weighted by atomic mass is 10.2. The predicted molar refractivity (Wildman–Crippen MR) is 156 cm³/mol. The van der Waals surface area contributed by atoms with E-state index in [1.54, 1.807) is 0 Å². The Kier molecular flexibility index (Phi) is 21.2. The van der Waals surface area contributed by atoms with Crippen LogP contribution in [0.4, 0.5) is 0 Å². The van der Waals surface area contributed by atoms with Gasteiger partial charge in [0.25, 0.3) is 0 Å². The summed E-state index contributed by atoms with van der Waals surface area (Å²) in [5, 5.41) is 32.7. The molecule has 0 amide bonds. The first-order chi connectivity index (χ1) is 19.1. The highest BCUT2D eigenvalue weighted by Crippen LogP contribution is 2.23. The molecule has 0 aromatic heterocycles. The van der Waals surface area contributed by atoms with Crippen molar-refractivity contribution >= 4 is 20.0 Å². The van der Waals surface area contributed by atoms with E-state index < -0.39 is 30.5 Å². The van der Waals surface area contributed by atoms with Crippen molar-refractivity contribution in [3.05, 3.63) is 0 Å². The van der Waals surface area contributed by atoms with Gasteiger partial charge in [-0.3, -0.25) is 0 Å². The average Bonchev–Trinajstić information content (AvgIpc) is 2.93. The highest BCUT2D eigenvalue weighted by atomic mass is 32.2. The van der Waals surface area contributed by atoms with E-state index in [1.165, 1.54) is 22.5 Å². The summed E-state index contributed by atoms with van der Waals surface area (Å²) < 4.78 is 57.7. The molecule has 0 bridgehead atoms. The van der Waals surface area contributed by atoms with Crippen LogP contribution in [0.2, 0.25) is 0 Å². The normalized spacial score (nSPS) is 13.3. The molecule has 0 radical (unpaired) electrons. The van der Waals surface area contributed by atoms with Crippen LogP contribution in [0.5, 0.6) is 0 Å². The van der Waals surface area contributed by atoms with Crippen molar-refractivity contribution in [3.8, 4) is 24.3 Å². The number of nitrogens with zero attached hydrogens (tertiary/aromatic N) is 6. The molecule has 0 saturated heterocycles. The van der Waals surface area contributed by atoms with Crippen LogP contribution in [0.25, 0.3) is 0 Å². The second-order valence-corrected chi connectivity index (χ2v) is 14.8. The fourth-order valence-corrected chi connectivity index (χ4v) is 8.65. The zero-order valence-electron chi connectivity index (χ0n) is 24.4. The van der Waals surface area contributed by atoms with Gasteiger partial charge in [-0.15, -0.1) is 0 Å². The van der Waals surface area contributed by atoms with Crippen molar-refractivity contribution < 1.29 is 16.8 Å². The van der Waals surface area contributed by atoms with Crippen molar-refractivity contribution in [2.45, 2.75) is 127 Å². The van der Waals surface area contributed by atoms with E-state index in [0.29, 0.717) is 103 Å². The van der Waals surface area contributed by atoms with Crippen molar-refractivity contribution in [2.24, 2.45) is 0 Å². The van der Waals surface area contributed by atoms with Crippen LogP contribution in [-0.2, 0) is 20.0 Å². The first kappa shape index (κ1) is 37.8. The van der Waals surface area contributed by atoms with E-state index in [2.05, 4.69) is 24.3 Å². The third-order valence-corrected chi connectivity index (χ3v) is 12.1. The molecule has 2 atom stereocenters. The highest BCUT2D eigenvalue weighted by Gasteiger charge is 2.40. The largest absolute Gasteiger partial charge is 0.218 e. The van der Waals surface area contributed by atoms with Crippen LogP contribution >= 0.6 is 0 Å². The van der Waals surface area contributed by atoms with Crippen molar-refractivity contribution in [1.82, 2.24) is 8.61 Å². The molecule has 12 heteroatoms. The lowest BCUT2D eigenvalue weighted by molar-refractivity contribution is 0.371. The molecule has 0 saturated carbocycles. The lowest BCUT2D eigenvalue weighted by Crippen LogP contribution is -2.49. The molecule has 0 rings (SSSR count). The minimum Gasteiger partial charge on any atom is -0.212 e. The zero-order chi connectivity index (χ0) is 30.3. The van der Waals surface area contributed by atoms with Crippen LogP contribution < -0.4 is 0 Å². The van der Waals surface area contributed by atoms with Gasteiger partial charge in [0.05, 0.1) is 34.8 Å². The molecule has 0 aromatic carbocycles. The standard InChI is InChI=1S/C28H48N6O4S2/c1-27(39(35,36)33(23-15-7-3-11-19-29)24-16-8-4-12-20-30)28(2)40(37,38)34(25-17-9-5-13-21-31)26-18-10-6-14-22-32/h27-28H,3-18,23-26H2,1-2H3. The Balaban J connectivity index is 5.65. The maximum Gasteiger partial charge on any atom is 0.218 e. The maximum atomic E-state index is 13.7. The number of sulfonamides is 2. The molecule has 0 spiro atoms. The quantitative estimate of drug-likeness (QED) is 0.127. The SMILES string of the molecule is CC(C(C)S(=O)(=O)N(CCCCCC#N)CCCCCC#N)S(=O)(=O)N(CCCCCC#N)CCCCCC#N. The molecular weight excluding hydrogens is 548 g/mol. The Hall–Kier alpha value is -2.22. The van der Waals surface area contributed by atoms with Crippen LogP contribution in [0.1, 0.15) is 117 Å². The summed E-state index contributed by atoms with van der Waals surface area (Å²) in [6.07, 6.45) is 9.58. The number of rotatable bonds is 25. The summed E-state index contributed by atoms with van der Waals surface area (Å²) in [6.45, 7) is 4.01. The second kappa shape index (κ2) is 22.5. The maximum absolute atomic E-state index is 13.7. The van der Waals surface area contributed by atoms with E-state index in [1.807, 2.05) is 0 Å². The molecule has 2 unspecified atom stereocenters. The molecule has 0 N–H and O–H groups in total. The van der Waals surface area contributed by atoms with Gasteiger partial charge in [0, 0.05) is 51.9 Å². The first-order valence-corrected chi connectivity index (χ1v) is 17.6. The minimum absolute atomic E-state index is 0.268. The van der Waals surface area contributed by atoms with Gasteiger partial charge in [-0.25, -0.2) is 25.4 Å². The van der Waals surface area contributed by atoms with E-state index in [0.717, 1.165) is 0 Å². The molecule has 0 fully saturated rings. The molecule has 40 heavy (non-hydrogen) atoms. The third kappa shape index (κ3) is 15.0. The Morgan fingerprint density at radius 3 is 0.875 bits per heavy atom. The van der Waals surface area contributed by atoms with Crippen LogP contribution in [-0.4, -0.2) is 62.1 Å². The molecule has 0 aliphatic rings. The lowest BCUT2D eigenvalue weighted by Gasteiger charge is -2.32. The monoisotopic (exact) mass is 596 g/mol. The molecule has 0 aromatic rings. The van der Waals surface area contributed by atoms with E-state index in [4.69, 9.17) is 21.0 Å². The summed E-state index contributed by atoms with van der Waals surface area (Å²) in [6, 6.07) is 8.36. The smallest absolute Gasteiger partial charge is 0.212 e. The third-order valence-electron chi connectivity index (χ3n) is 7.10. The van der Waals surface area contributed by atoms with Gasteiger partial charge in [0.15, 0.2) is 0 Å². The van der Waals surface area contributed by atoms with Gasteiger partial charge in [-0.2, -0.15) is 21.0 Å². The fraction of sp³-hybridized carbons (Fsp3) is 0.857. The first-order valence-electron chi connectivity index (χ1n) is 14.6. The van der Waals surface area contributed by atoms with Gasteiger partial charge in [0.1, 0.15) is 0 Å². The Morgan fingerprint density at radius 2 is 0.675 bits per heavy atom. The Bertz CT molecular complexity index is 934. The number of hydrogen-bond donors (Lipinski definition) is 0. The molecule has 10 nitrogen and oxygen atoms in total. The molecule has 226 valence electrons. The van der Waals surface area contributed by atoms with Gasteiger partial charge >= 0.3 is 0 Å². The zero-order valence-corrected chi connectivity index (χ0v) is 26.1. The van der Waals surface area contributed by atoms with Crippen LogP contribution in [0.3, 0.4) is 0 Å². The van der Waals surface area contributed by atoms with E-state index in [9.17, 15) is 16.8 Å². The van der Waals surface area contributed by atoms with Crippen molar-refractivity contribution in [2.75, 3.05) is 26.2 Å². The minimum atomic E-state index is -3.94. The van der Waals surface area contributed by atoms with E-state index in [-0.39, 0.29) is 26.2 Å². The van der Waals surface area contributed by atoms with Crippen LogP contribution in [0.15, 0.2) is 0 Å². The summed E-state index contributed by atoms with van der Waals surface area (Å²) >= 11 is 0. The van der Waals surface area contributed by atoms with Gasteiger partial charge < -0.3 is 0 Å². The number of unbranched alkanes of at least 4 members (excludes halogenated alkanes) is 12. The van der Waals surface area contributed by atoms with Gasteiger partial charge in [-0.05, 0) is 65.2 Å². The Labute approximate surface area is 243 Å². The summed E-state index contributed by atoms with van der Waals surface area (Å²) in [5.74, 6) is 0. The summed E-state index contributed by atoms with van der Waals surface area (Å²) in [5.41, 5.74) is 0. The molecule has 0 heterocycles. The topological polar surface area (TPSA) is 170 Å². The average molecular weight is 597 g/mol. The molecule has 0 aliphatic carbocycles. The fourth-order valence-electron chi connectivity index (χ4n) is 4.36. The van der Waals surface area contributed by atoms with Crippen molar-refractivity contribution in [1.29, 1.82) is 21.0 Å². The number of nitriles is 4. The Morgan fingerprint density at radius 1 is 0.450 bits per heavy atom. The molecular formula is C28H48N6O4S2. The number of hydrogen-bond acceptors (Lipinski definition) is 8. The van der Waals surface area contributed by atoms with Crippen LogP contribution in [0, 0.1) is 45.3 Å². The van der Waals surface area contributed by atoms with E-state index >= 15 is 0 Å². The summed E-state index contributed by atoms with van der Waals surface area (Å²) in [4.78, 5) is 0.